The Bertz CT molecular complexity index is 1050. The highest BCUT2D eigenvalue weighted by atomic mass is 19.3. The number of hydrogen-bond acceptors (Lipinski definition) is 4. The molecular weight excluding hydrogens is 458 g/mol. The maximum Gasteiger partial charge on any atom is 0.407 e. The second-order valence-corrected chi connectivity index (χ2v) is 8.95. The number of alkyl carbamates (subject to hydrolysis) is 1. The van der Waals surface area contributed by atoms with Gasteiger partial charge in [0.15, 0.2) is 0 Å². The van der Waals surface area contributed by atoms with Gasteiger partial charge in [-0.2, -0.15) is 0 Å². The molecule has 0 spiro atoms. The zero-order valence-electron chi connectivity index (χ0n) is 19.2. The number of nitrogens with one attached hydrogen (secondary N) is 1. The highest BCUT2D eigenvalue weighted by Gasteiger charge is 2.34. The number of fused-ring (bicyclic) bond motifs is 3. The molecule has 1 saturated heterocycles. The van der Waals surface area contributed by atoms with Crippen molar-refractivity contribution in [3.63, 3.8) is 0 Å². The van der Waals surface area contributed by atoms with Crippen LogP contribution in [-0.4, -0.2) is 59.6 Å². The summed E-state index contributed by atoms with van der Waals surface area (Å²) in [5.74, 6) is -1.86. The SMILES string of the molecule is O=C(O)C[C@H]1CCCCN1C(=O)CC(NC(=O)OCC1c2ccccc2-c2ccccc21)C(F)F. The number of ether oxygens (including phenoxy) is 1. The average Bonchev–Trinajstić information content (AvgIpc) is 3.16. The van der Waals surface area contributed by atoms with Gasteiger partial charge in [0.05, 0.1) is 12.8 Å². The minimum atomic E-state index is -2.98. The summed E-state index contributed by atoms with van der Waals surface area (Å²) >= 11 is 0. The maximum absolute atomic E-state index is 13.7. The number of rotatable bonds is 8. The van der Waals surface area contributed by atoms with E-state index >= 15 is 0 Å². The van der Waals surface area contributed by atoms with Gasteiger partial charge in [-0.3, -0.25) is 9.59 Å². The first-order chi connectivity index (χ1) is 16.8. The molecule has 9 heteroatoms. The van der Waals surface area contributed by atoms with Crippen LogP contribution in [0, 0.1) is 0 Å². The fourth-order valence-corrected chi connectivity index (χ4v) is 5.04. The lowest BCUT2D eigenvalue weighted by atomic mass is 9.98. The predicted octanol–water partition coefficient (Wildman–Crippen LogP) is 4.40. The van der Waals surface area contributed by atoms with Crippen molar-refractivity contribution in [3.05, 3.63) is 59.7 Å². The minimum absolute atomic E-state index is 0.0312. The van der Waals surface area contributed by atoms with Gasteiger partial charge in [0.2, 0.25) is 5.91 Å². The van der Waals surface area contributed by atoms with Crippen LogP contribution in [0.3, 0.4) is 0 Å². The number of piperidine rings is 1. The fraction of sp³-hybridized carbons (Fsp3) is 0.423. The zero-order valence-corrected chi connectivity index (χ0v) is 19.2. The van der Waals surface area contributed by atoms with E-state index in [0.29, 0.717) is 19.4 Å². The standard InChI is InChI=1S/C26H28F2N2O5/c27-25(28)22(14-23(31)30-12-6-5-7-16(30)13-24(32)33)29-26(34)35-15-21-19-10-3-1-8-17(19)18-9-2-4-11-20(18)21/h1-4,8-11,16,21-22,25H,5-7,12-15H2,(H,29,34)(H,32,33)/t16-,22?/m1/s1. The van der Waals surface area contributed by atoms with Crippen molar-refractivity contribution >= 4 is 18.0 Å². The number of halogens is 2. The average molecular weight is 487 g/mol. The molecule has 2 aromatic rings. The summed E-state index contributed by atoms with van der Waals surface area (Å²) in [6.07, 6.45) is -2.90. The Morgan fingerprint density at radius 3 is 2.26 bits per heavy atom. The Labute approximate surface area is 202 Å². The zero-order chi connectivity index (χ0) is 24.9. The molecule has 1 unspecified atom stereocenters. The van der Waals surface area contributed by atoms with Crippen LogP contribution < -0.4 is 5.32 Å². The monoisotopic (exact) mass is 486 g/mol. The molecule has 35 heavy (non-hydrogen) atoms. The summed E-state index contributed by atoms with van der Waals surface area (Å²) in [6.45, 7) is 0.286. The molecule has 2 atom stereocenters. The number of carbonyl (C=O) groups is 3. The van der Waals surface area contributed by atoms with Gasteiger partial charge in [-0.05, 0) is 41.5 Å². The highest BCUT2D eigenvalue weighted by Crippen LogP contribution is 2.44. The van der Waals surface area contributed by atoms with Crippen molar-refractivity contribution in [1.82, 2.24) is 10.2 Å². The quantitative estimate of drug-likeness (QED) is 0.577. The lowest BCUT2D eigenvalue weighted by molar-refractivity contribution is -0.142. The van der Waals surface area contributed by atoms with E-state index in [1.165, 1.54) is 4.90 Å². The van der Waals surface area contributed by atoms with Crippen molar-refractivity contribution in [2.24, 2.45) is 0 Å². The van der Waals surface area contributed by atoms with Crippen LogP contribution in [-0.2, 0) is 14.3 Å². The van der Waals surface area contributed by atoms with E-state index in [1.54, 1.807) is 0 Å². The molecule has 186 valence electrons. The smallest absolute Gasteiger partial charge is 0.407 e. The van der Waals surface area contributed by atoms with Gasteiger partial charge in [0.25, 0.3) is 6.43 Å². The normalized spacial score (nSPS) is 18.0. The number of benzene rings is 2. The Morgan fingerprint density at radius 1 is 1.03 bits per heavy atom. The van der Waals surface area contributed by atoms with Gasteiger partial charge >= 0.3 is 12.1 Å². The molecule has 2 aromatic carbocycles. The van der Waals surface area contributed by atoms with Gasteiger partial charge < -0.3 is 20.1 Å². The van der Waals surface area contributed by atoms with Crippen LogP contribution in [0.25, 0.3) is 11.1 Å². The summed E-state index contributed by atoms with van der Waals surface area (Å²) in [7, 11) is 0. The number of aliphatic carboxylic acids is 1. The first kappa shape index (κ1) is 24.6. The Kier molecular flexibility index (Phi) is 7.63. The van der Waals surface area contributed by atoms with E-state index in [1.807, 2.05) is 48.5 Å². The molecule has 2 N–H and O–H groups in total. The van der Waals surface area contributed by atoms with E-state index in [-0.39, 0.29) is 18.9 Å². The molecule has 2 aliphatic rings. The predicted molar refractivity (Wildman–Crippen MR) is 124 cm³/mol. The number of carbonyl (C=O) groups excluding carboxylic acids is 2. The Morgan fingerprint density at radius 2 is 1.66 bits per heavy atom. The molecule has 1 heterocycles. The third-order valence-corrected chi connectivity index (χ3v) is 6.70. The molecule has 4 rings (SSSR count). The van der Waals surface area contributed by atoms with Gasteiger partial charge in [0.1, 0.15) is 12.6 Å². The summed E-state index contributed by atoms with van der Waals surface area (Å²) in [5.41, 5.74) is 4.09. The molecule has 0 radical (unpaired) electrons. The van der Waals surface area contributed by atoms with Gasteiger partial charge in [-0.25, -0.2) is 13.6 Å². The first-order valence-corrected chi connectivity index (χ1v) is 11.8. The van der Waals surface area contributed by atoms with E-state index in [2.05, 4.69) is 5.32 Å². The summed E-state index contributed by atoms with van der Waals surface area (Å²) in [4.78, 5) is 37.6. The summed E-state index contributed by atoms with van der Waals surface area (Å²) in [5, 5.41) is 11.2. The molecule has 1 fully saturated rings. The van der Waals surface area contributed by atoms with Gasteiger partial charge in [-0.15, -0.1) is 0 Å². The van der Waals surface area contributed by atoms with E-state index in [9.17, 15) is 23.2 Å². The Hall–Kier alpha value is -3.49. The molecule has 1 aliphatic heterocycles. The lowest BCUT2D eigenvalue weighted by Crippen LogP contribution is -2.49. The molecule has 2 amide bonds. The van der Waals surface area contributed by atoms with Crippen molar-refractivity contribution in [1.29, 1.82) is 0 Å². The van der Waals surface area contributed by atoms with Gasteiger partial charge in [-0.1, -0.05) is 48.5 Å². The number of carboxylic acids is 1. The van der Waals surface area contributed by atoms with Crippen LogP contribution in [0.5, 0.6) is 0 Å². The van der Waals surface area contributed by atoms with Crippen molar-refractivity contribution in [2.75, 3.05) is 13.2 Å². The molecule has 1 aliphatic carbocycles. The van der Waals surface area contributed by atoms with Crippen molar-refractivity contribution < 1.29 is 33.0 Å². The summed E-state index contributed by atoms with van der Waals surface area (Å²) in [6, 6.07) is 13.3. The second-order valence-electron chi connectivity index (χ2n) is 8.95. The largest absolute Gasteiger partial charge is 0.481 e. The number of alkyl halides is 2. The number of carboxylic acid groups (broad SMARTS) is 1. The minimum Gasteiger partial charge on any atom is -0.481 e. The molecule has 0 bridgehead atoms. The maximum atomic E-state index is 13.7. The van der Waals surface area contributed by atoms with Crippen molar-refractivity contribution in [2.45, 2.75) is 56.5 Å². The number of hydrogen-bond donors (Lipinski definition) is 2. The second kappa shape index (κ2) is 10.8. The Balaban J connectivity index is 1.37. The topological polar surface area (TPSA) is 95.9 Å². The van der Waals surface area contributed by atoms with Crippen LogP contribution in [0.2, 0.25) is 0 Å². The van der Waals surface area contributed by atoms with Crippen molar-refractivity contribution in [3.8, 4) is 11.1 Å². The van der Waals surface area contributed by atoms with Crippen LogP contribution in [0.15, 0.2) is 48.5 Å². The van der Waals surface area contributed by atoms with E-state index in [4.69, 9.17) is 9.84 Å². The first-order valence-electron chi connectivity index (χ1n) is 11.8. The van der Waals surface area contributed by atoms with Gasteiger partial charge in [0, 0.05) is 18.5 Å². The third-order valence-electron chi connectivity index (χ3n) is 6.70. The number of amides is 2. The lowest BCUT2D eigenvalue weighted by Gasteiger charge is -2.35. The molecule has 0 aromatic heterocycles. The number of likely N-dealkylation sites (tertiary alicyclic amines) is 1. The van der Waals surface area contributed by atoms with Crippen LogP contribution >= 0.6 is 0 Å². The van der Waals surface area contributed by atoms with Crippen LogP contribution in [0.4, 0.5) is 13.6 Å². The van der Waals surface area contributed by atoms with Crippen LogP contribution in [0.1, 0.15) is 49.1 Å². The highest BCUT2D eigenvalue weighted by molar-refractivity contribution is 5.80. The summed E-state index contributed by atoms with van der Waals surface area (Å²) < 4.78 is 32.7. The molecule has 7 nitrogen and oxygen atoms in total. The fourth-order valence-electron chi connectivity index (χ4n) is 5.04. The third kappa shape index (κ3) is 5.61. The van der Waals surface area contributed by atoms with E-state index < -0.39 is 42.9 Å². The number of nitrogens with zero attached hydrogens (tertiary/aromatic N) is 1. The molecule has 0 saturated carbocycles. The van der Waals surface area contributed by atoms with E-state index in [0.717, 1.165) is 28.7 Å². The molecular formula is C26H28F2N2O5.